The van der Waals surface area contributed by atoms with Gasteiger partial charge in [-0.3, -0.25) is 4.68 Å². The molecule has 2 atom stereocenters. The lowest BCUT2D eigenvalue weighted by Gasteiger charge is -2.26. The van der Waals surface area contributed by atoms with E-state index < -0.39 is 0 Å². The fourth-order valence-corrected chi connectivity index (χ4v) is 3.68. The molecule has 2 unspecified atom stereocenters. The van der Waals surface area contributed by atoms with Gasteiger partial charge in [-0.1, -0.05) is 26.2 Å². The Morgan fingerprint density at radius 2 is 2.21 bits per heavy atom. The smallest absolute Gasteiger partial charge is 0.0739 e. The van der Waals surface area contributed by atoms with Gasteiger partial charge >= 0.3 is 0 Å². The van der Waals surface area contributed by atoms with Gasteiger partial charge in [0.1, 0.15) is 0 Å². The number of halogens is 1. The summed E-state index contributed by atoms with van der Waals surface area (Å²) < 4.78 is 3.11. The molecule has 1 aliphatic rings. The van der Waals surface area contributed by atoms with Gasteiger partial charge in [0.25, 0.3) is 0 Å². The molecule has 0 saturated heterocycles. The Labute approximate surface area is 125 Å². The number of hydrogen-bond acceptors (Lipinski definition) is 2. The molecule has 1 aromatic rings. The first-order chi connectivity index (χ1) is 9.08. The number of aryl methyl sites for hydroxylation is 2. The predicted molar refractivity (Wildman–Crippen MR) is 83.1 cm³/mol. The van der Waals surface area contributed by atoms with Gasteiger partial charge in [0, 0.05) is 13.6 Å². The minimum atomic E-state index is 0.903. The highest BCUT2D eigenvalue weighted by Crippen LogP contribution is 2.30. The van der Waals surface area contributed by atoms with Crippen LogP contribution in [0.25, 0.3) is 0 Å². The average Bonchev–Trinajstić information content (AvgIpc) is 2.60. The van der Waals surface area contributed by atoms with Gasteiger partial charge in [0.05, 0.1) is 15.9 Å². The molecule has 0 amide bonds. The standard InChI is InChI=1S/C15H26BrN3/c1-11-5-4-6-13(9-11)7-8-17-10-14-15(16)12(2)18-19(14)3/h11,13,17H,4-10H2,1-3H3. The van der Waals surface area contributed by atoms with Crippen molar-refractivity contribution in [3.63, 3.8) is 0 Å². The van der Waals surface area contributed by atoms with E-state index in [0.717, 1.165) is 35.1 Å². The highest BCUT2D eigenvalue weighted by atomic mass is 79.9. The van der Waals surface area contributed by atoms with Crippen LogP contribution < -0.4 is 5.32 Å². The molecule has 4 heteroatoms. The van der Waals surface area contributed by atoms with E-state index >= 15 is 0 Å². The fraction of sp³-hybridized carbons (Fsp3) is 0.800. The van der Waals surface area contributed by atoms with Crippen LogP contribution >= 0.6 is 15.9 Å². The maximum atomic E-state index is 4.42. The van der Waals surface area contributed by atoms with Crippen molar-refractivity contribution in [1.29, 1.82) is 0 Å². The summed E-state index contributed by atoms with van der Waals surface area (Å²) in [6.45, 7) is 6.46. The molecule has 1 aromatic heterocycles. The van der Waals surface area contributed by atoms with Gasteiger partial charge in [-0.2, -0.15) is 5.10 Å². The minimum absolute atomic E-state index is 0.903. The molecule has 0 bridgehead atoms. The van der Waals surface area contributed by atoms with Gasteiger partial charge in [0.2, 0.25) is 0 Å². The molecular formula is C15H26BrN3. The van der Waals surface area contributed by atoms with Crippen LogP contribution in [0.5, 0.6) is 0 Å². The van der Waals surface area contributed by atoms with Crippen molar-refractivity contribution in [3.05, 3.63) is 15.9 Å². The van der Waals surface area contributed by atoms with E-state index in [2.05, 4.69) is 33.3 Å². The molecule has 0 radical (unpaired) electrons. The molecular weight excluding hydrogens is 302 g/mol. The minimum Gasteiger partial charge on any atom is -0.311 e. The third-order valence-electron chi connectivity index (χ3n) is 4.33. The van der Waals surface area contributed by atoms with Gasteiger partial charge in [-0.15, -0.1) is 0 Å². The Kier molecular flexibility index (Phi) is 5.46. The molecule has 1 N–H and O–H groups in total. The topological polar surface area (TPSA) is 29.9 Å². The quantitative estimate of drug-likeness (QED) is 0.833. The van der Waals surface area contributed by atoms with Gasteiger partial charge in [-0.05, 0) is 54.1 Å². The highest BCUT2D eigenvalue weighted by molar-refractivity contribution is 9.10. The number of nitrogens with zero attached hydrogens (tertiary/aromatic N) is 2. The average molecular weight is 328 g/mol. The SMILES string of the molecule is Cc1nn(C)c(CNCCC2CCCC(C)C2)c1Br. The van der Waals surface area contributed by atoms with Crippen molar-refractivity contribution < 1.29 is 0 Å². The van der Waals surface area contributed by atoms with Crippen LogP contribution in [0.4, 0.5) is 0 Å². The highest BCUT2D eigenvalue weighted by Gasteiger charge is 2.18. The maximum absolute atomic E-state index is 4.42. The first-order valence-electron chi connectivity index (χ1n) is 7.46. The normalized spacial score (nSPS) is 23.8. The van der Waals surface area contributed by atoms with Crippen molar-refractivity contribution >= 4 is 15.9 Å². The summed E-state index contributed by atoms with van der Waals surface area (Å²) in [5.74, 6) is 1.88. The second kappa shape index (κ2) is 6.89. The Bertz CT molecular complexity index is 414. The Balaban J connectivity index is 1.72. The van der Waals surface area contributed by atoms with E-state index in [9.17, 15) is 0 Å². The molecule has 19 heavy (non-hydrogen) atoms. The summed E-state index contributed by atoms with van der Waals surface area (Å²) in [5, 5.41) is 7.99. The van der Waals surface area contributed by atoms with Crippen LogP contribution in [0.2, 0.25) is 0 Å². The molecule has 0 aromatic carbocycles. The first-order valence-corrected chi connectivity index (χ1v) is 8.26. The molecule has 108 valence electrons. The lowest BCUT2D eigenvalue weighted by Crippen LogP contribution is -2.22. The summed E-state index contributed by atoms with van der Waals surface area (Å²) in [7, 11) is 2.01. The summed E-state index contributed by atoms with van der Waals surface area (Å²) in [4.78, 5) is 0. The van der Waals surface area contributed by atoms with Crippen LogP contribution in [-0.2, 0) is 13.6 Å². The van der Waals surface area contributed by atoms with Gasteiger partial charge in [0.15, 0.2) is 0 Å². The van der Waals surface area contributed by atoms with Crippen molar-refractivity contribution in [2.75, 3.05) is 6.54 Å². The van der Waals surface area contributed by atoms with Crippen LogP contribution in [0.3, 0.4) is 0 Å². The zero-order chi connectivity index (χ0) is 13.8. The Morgan fingerprint density at radius 1 is 1.42 bits per heavy atom. The molecule has 0 aliphatic heterocycles. The van der Waals surface area contributed by atoms with Gasteiger partial charge in [-0.25, -0.2) is 0 Å². The van der Waals surface area contributed by atoms with Crippen molar-refractivity contribution in [1.82, 2.24) is 15.1 Å². The summed E-state index contributed by atoms with van der Waals surface area (Å²) in [5.41, 5.74) is 2.31. The third-order valence-corrected chi connectivity index (χ3v) is 5.36. The Morgan fingerprint density at radius 3 is 2.84 bits per heavy atom. The zero-order valence-electron chi connectivity index (χ0n) is 12.4. The molecule has 1 fully saturated rings. The van der Waals surface area contributed by atoms with Crippen molar-refractivity contribution in [2.45, 2.75) is 52.5 Å². The summed E-state index contributed by atoms with van der Waals surface area (Å²) >= 11 is 3.61. The first kappa shape index (κ1) is 15.0. The summed E-state index contributed by atoms with van der Waals surface area (Å²) in [6, 6.07) is 0. The molecule has 2 rings (SSSR count). The van der Waals surface area contributed by atoms with E-state index in [1.807, 2.05) is 18.7 Å². The lowest BCUT2D eigenvalue weighted by molar-refractivity contribution is 0.267. The van der Waals surface area contributed by atoms with E-state index in [-0.39, 0.29) is 0 Å². The van der Waals surface area contributed by atoms with Gasteiger partial charge < -0.3 is 5.32 Å². The second-order valence-electron chi connectivity index (χ2n) is 6.07. The van der Waals surface area contributed by atoms with Crippen molar-refractivity contribution in [3.8, 4) is 0 Å². The van der Waals surface area contributed by atoms with E-state index in [1.165, 1.54) is 37.8 Å². The molecule has 1 saturated carbocycles. The van der Waals surface area contributed by atoms with E-state index in [0.29, 0.717) is 0 Å². The number of hydrogen-bond donors (Lipinski definition) is 1. The van der Waals surface area contributed by atoms with E-state index in [1.54, 1.807) is 0 Å². The van der Waals surface area contributed by atoms with Crippen molar-refractivity contribution in [2.24, 2.45) is 18.9 Å². The third kappa shape index (κ3) is 4.06. The fourth-order valence-electron chi connectivity index (χ4n) is 3.21. The largest absolute Gasteiger partial charge is 0.311 e. The number of aromatic nitrogens is 2. The molecule has 1 heterocycles. The maximum Gasteiger partial charge on any atom is 0.0739 e. The molecule has 1 aliphatic carbocycles. The van der Waals surface area contributed by atoms with Crippen LogP contribution in [0.15, 0.2) is 4.47 Å². The predicted octanol–water partition coefficient (Wildman–Crippen LogP) is 3.80. The van der Waals surface area contributed by atoms with E-state index in [4.69, 9.17) is 0 Å². The second-order valence-corrected chi connectivity index (χ2v) is 6.87. The summed E-state index contributed by atoms with van der Waals surface area (Å²) in [6.07, 6.45) is 7.04. The zero-order valence-corrected chi connectivity index (χ0v) is 14.0. The Hall–Kier alpha value is -0.350. The number of rotatable bonds is 5. The lowest BCUT2D eigenvalue weighted by atomic mass is 9.81. The molecule has 3 nitrogen and oxygen atoms in total. The molecule has 0 spiro atoms. The van der Waals surface area contributed by atoms with Crippen LogP contribution in [-0.4, -0.2) is 16.3 Å². The van der Waals surface area contributed by atoms with Crippen LogP contribution in [0, 0.1) is 18.8 Å². The monoisotopic (exact) mass is 327 g/mol. The number of nitrogens with one attached hydrogen (secondary N) is 1. The van der Waals surface area contributed by atoms with Crippen LogP contribution in [0.1, 0.15) is 50.4 Å².